The van der Waals surface area contributed by atoms with Crippen LogP contribution in [0.3, 0.4) is 0 Å². The molecule has 1 saturated heterocycles. The highest BCUT2D eigenvalue weighted by molar-refractivity contribution is 5.02. The van der Waals surface area contributed by atoms with Crippen LogP contribution in [0.25, 0.3) is 0 Å². The Kier molecular flexibility index (Phi) is 4.81. The van der Waals surface area contributed by atoms with Crippen LogP contribution >= 0.6 is 0 Å². The summed E-state index contributed by atoms with van der Waals surface area (Å²) in [4.78, 5) is 0. The normalized spacial score (nSPS) is 28.7. The van der Waals surface area contributed by atoms with Gasteiger partial charge in [-0.3, -0.25) is 0 Å². The number of nitrogens with one attached hydrogen (secondary N) is 1. The molecule has 1 rings (SSSR count). The van der Waals surface area contributed by atoms with E-state index in [2.05, 4.69) is 25.7 Å². The van der Waals surface area contributed by atoms with Gasteiger partial charge in [-0.05, 0) is 46.1 Å². The monoisotopic (exact) mass is 211 g/mol. The third-order valence-corrected chi connectivity index (χ3v) is 3.58. The van der Waals surface area contributed by atoms with E-state index in [4.69, 9.17) is 4.74 Å². The topological polar surface area (TPSA) is 21.3 Å². The molecule has 0 aromatic rings. The van der Waals surface area contributed by atoms with Gasteiger partial charge in [0.15, 0.2) is 0 Å². The standard InChI is InChI=1S/C13H25NO/c1-5-11(2)10-12(14-4)13(3)8-6-7-9-15-13/h12,14H,2,5-10H2,1,3-4H3. The molecule has 0 radical (unpaired) electrons. The van der Waals surface area contributed by atoms with Crippen LogP contribution in [0.15, 0.2) is 12.2 Å². The molecule has 1 aliphatic rings. The second-order valence-corrected chi connectivity index (χ2v) is 4.77. The van der Waals surface area contributed by atoms with Gasteiger partial charge in [0, 0.05) is 12.6 Å². The van der Waals surface area contributed by atoms with Crippen LogP contribution in [0.4, 0.5) is 0 Å². The number of hydrogen-bond donors (Lipinski definition) is 1. The van der Waals surface area contributed by atoms with Crippen molar-refractivity contribution >= 4 is 0 Å². The van der Waals surface area contributed by atoms with Crippen LogP contribution in [0.5, 0.6) is 0 Å². The molecule has 1 heterocycles. The van der Waals surface area contributed by atoms with Gasteiger partial charge in [0.1, 0.15) is 0 Å². The highest BCUT2D eigenvalue weighted by Crippen LogP contribution is 2.30. The van der Waals surface area contributed by atoms with E-state index in [0.717, 1.165) is 25.9 Å². The SMILES string of the molecule is C=C(CC)CC(NC)C1(C)CCCCO1. The van der Waals surface area contributed by atoms with Crippen molar-refractivity contribution in [3.05, 3.63) is 12.2 Å². The lowest BCUT2D eigenvalue weighted by atomic mass is 9.84. The predicted molar refractivity (Wildman–Crippen MR) is 65.1 cm³/mol. The van der Waals surface area contributed by atoms with E-state index in [1.54, 1.807) is 0 Å². The first-order valence-corrected chi connectivity index (χ1v) is 6.10. The van der Waals surface area contributed by atoms with E-state index in [-0.39, 0.29) is 5.60 Å². The van der Waals surface area contributed by atoms with Gasteiger partial charge in [-0.15, -0.1) is 0 Å². The summed E-state index contributed by atoms with van der Waals surface area (Å²) in [5.41, 5.74) is 1.32. The second kappa shape index (κ2) is 5.66. The summed E-state index contributed by atoms with van der Waals surface area (Å²) in [5.74, 6) is 0. The quantitative estimate of drug-likeness (QED) is 0.706. The minimum atomic E-state index is 0.00507. The first-order chi connectivity index (χ1) is 7.12. The summed E-state index contributed by atoms with van der Waals surface area (Å²) < 4.78 is 5.96. The average molecular weight is 211 g/mol. The Balaban J connectivity index is 2.58. The number of likely N-dealkylation sites (N-methyl/N-ethyl adjacent to an activating group) is 1. The Morgan fingerprint density at radius 1 is 1.53 bits per heavy atom. The molecule has 0 spiro atoms. The highest BCUT2D eigenvalue weighted by atomic mass is 16.5. The molecule has 15 heavy (non-hydrogen) atoms. The molecule has 2 unspecified atom stereocenters. The van der Waals surface area contributed by atoms with E-state index in [0.29, 0.717) is 6.04 Å². The largest absolute Gasteiger partial charge is 0.374 e. The Morgan fingerprint density at radius 2 is 2.27 bits per heavy atom. The second-order valence-electron chi connectivity index (χ2n) is 4.77. The van der Waals surface area contributed by atoms with Crippen LogP contribution in [-0.4, -0.2) is 25.3 Å². The molecule has 2 atom stereocenters. The molecule has 88 valence electrons. The van der Waals surface area contributed by atoms with Gasteiger partial charge in [-0.1, -0.05) is 19.1 Å². The van der Waals surface area contributed by atoms with Crippen molar-refractivity contribution in [3.63, 3.8) is 0 Å². The Bertz CT molecular complexity index is 207. The van der Waals surface area contributed by atoms with Gasteiger partial charge < -0.3 is 10.1 Å². The summed E-state index contributed by atoms with van der Waals surface area (Å²) in [6.45, 7) is 9.40. The first kappa shape index (κ1) is 12.7. The number of rotatable bonds is 5. The maximum Gasteiger partial charge on any atom is 0.0809 e. The van der Waals surface area contributed by atoms with Crippen molar-refractivity contribution in [1.82, 2.24) is 5.32 Å². The predicted octanol–water partition coefficient (Wildman–Crippen LogP) is 2.89. The molecule has 1 fully saturated rings. The molecule has 0 saturated carbocycles. The number of hydrogen-bond acceptors (Lipinski definition) is 2. The molecule has 2 heteroatoms. The minimum absolute atomic E-state index is 0.00507. The molecule has 1 N–H and O–H groups in total. The van der Waals surface area contributed by atoms with Gasteiger partial charge in [0.05, 0.1) is 5.60 Å². The Hall–Kier alpha value is -0.340. The van der Waals surface area contributed by atoms with Crippen LogP contribution in [0.1, 0.15) is 46.0 Å². The van der Waals surface area contributed by atoms with Gasteiger partial charge in [0.2, 0.25) is 0 Å². The maximum atomic E-state index is 5.96. The highest BCUT2D eigenvalue weighted by Gasteiger charge is 2.35. The zero-order valence-corrected chi connectivity index (χ0v) is 10.4. The van der Waals surface area contributed by atoms with E-state index >= 15 is 0 Å². The van der Waals surface area contributed by atoms with Crippen molar-refractivity contribution in [1.29, 1.82) is 0 Å². The van der Waals surface area contributed by atoms with Gasteiger partial charge in [0.25, 0.3) is 0 Å². The molecule has 2 nitrogen and oxygen atoms in total. The van der Waals surface area contributed by atoms with Crippen LogP contribution in [0.2, 0.25) is 0 Å². The zero-order chi connectivity index (χ0) is 11.3. The van der Waals surface area contributed by atoms with E-state index in [1.807, 2.05) is 7.05 Å². The molecule has 0 bridgehead atoms. The fourth-order valence-corrected chi connectivity index (χ4v) is 2.29. The fourth-order valence-electron chi connectivity index (χ4n) is 2.29. The maximum absolute atomic E-state index is 5.96. The minimum Gasteiger partial charge on any atom is -0.374 e. The molecule has 0 aromatic heterocycles. The van der Waals surface area contributed by atoms with Crippen molar-refractivity contribution in [2.45, 2.75) is 57.6 Å². The Morgan fingerprint density at radius 3 is 2.73 bits per heavy atom. The van der Waals surface area contributed by atoms with Gasteiger partial charge in [-0.25, -0.2) is 0 Å². The lowest BCUT2D eigenvalue weighted by molar-refractivity contribution is -0.0871. The molecule has 1 aliphatic heterocycles. The van der Waals surface area contributed by atoms with Crippen LogP contribution in [-0.2, 0) is 4.74 Å². The first-order valence-electron chi connectivity index (χ1n) is 6.10. The molecule has 0 amide bonds. The molecular formula is C13H25NO. The van der Waals surface area contributed by atoms with Gasteiger partial charge in [-0.2, -0.15) is 0 Å². The van der Waals surface area contributed by atoms with Crippen molar-refractivity contribution in [3.8, 4) is 0 Å². The van der Waals surface area contributed by atoms with Crippen molar-refractivity contribution < 1.29 is 4.74 Å². The molecule has 0 aromatic carbocycles. The third-order valence-electron chi connectivity index (χ3n) is 3.58. The van der Waals surface area contributed by atoms with Crippen molar-refractivity contribution in [2.75, 3.05) is 13.7 Å². The summed E-state index contributed by atoms with van der Waals surface area (Å²) in [6, 6.07) is 0.408. The van der Waals surface area contributed by atoms with E-state index in [1.165, 1.54) is 18.4 Å². The van der Waals surface area contributed by atoms with E-state index in [9.17, 15) is 0 Å². The van der Waals surface area contributed by atoms with Crippen LogP contribution in [0, 0.1) is 0 Å². The average Bonchev–Trinajstić information content (AvgIpc) is 2.26. The summed E-state index contributed by atoms with van der Waals surface area (Å²) >= 11 is 0. The summed E-state index contributed by atoms with van der Waals surface area (Å²) in [7, 11) is 2.02. The van der Waals surface area contributed by atoms with Crippen LogP contribution < -0.4 is 5.32 Å². The third kappa shape index (κ3) is 3.32. The zero-order valence-electron chi connectivity index (χ0n) is 10.4. The van der Waals surface area contributed by atoms with Crippen molar-refractivity contribution in [2.24, 2.45) is 0 Å². The lowest BCUT2D eigenvalue weighted by Crippen LogP contribution is -2.51. The fraction of sp³-hybridized carbons (Fsp3) is 0.846. The summed E-state index contributed by atoms with van der Waals surface area (Å²) in [5, 5.41) is 3.39. The van der Waals surface area contributed by atoms with E-state index < -0.39 is 0 Å². The molecular weight excluding hydrogens is 186 g/mol. The van der Waals surface area contributed by atoms with Gasteiger partial charge >= 0.3 is 0 Å². The Labute approximate surface area is 94.1 Å². The summed E-state index contributed by atoms with van der Waals surface area (Å²) in [6.07, 6.45) is 5.75. The number of ether oxygens (including phenoxy) is 1. The lowest BCUT2D eigenvalue weighted by Gasteiger charge is -2.41. The smallest absolute Gasteiger partial charge is 0.0809 e. The molecule has 0 aliphatic carbocycles.